The van der Waals surface area contributed by atoms with Crippen molar-refractivity contribution in [1.29, 1.82) is 0 Å². The molecule has 20 heavy (non-hydrogen) atoms. The third-order valence-corrected chi connectivity index (χ3v) is 3.20. The molecular weight excluding hydrogens is 256 g/mol. The van der Waals surface area contributed by atoms with Crippen molar-refractivity contribution in [3.63, 3.8) is 0 Å². The fourth-order valence-electron chi connectivity index (χ4n) is 2.04. The number of carboxylic acids is 2. The Kier molecular flexibility index (Phi) is 5.26. The standard InChI is InChI=1S/C16H18O4/c1-4-11(5-2)14(16(19)20)13-8-6-12(7-9-13)10(3)15(17)18/h6-9H,3-5H2,1-2H3,(H,17,18)(H,19,20). The lowest BCUT2D eigenvalue weighted by molar-refractivity contribution is -0.131. The van der Waals surface area contributed by atoms with E-state index >= 15 is 0 Å². The smallest absolute Gasteiger partial charge is 0.336 e. The van der Waals surface area contributed by atoms with Gasteiger partial charge in [-0.2, -0.15) is 0 Å². The number of rotatable bonds is 6. The molecule has 0 fully saturated rings. The third kappa shape index (κ3) is 3.35. The first kappa shape index (κ1) is 15.7. The average molecular weight is 274 g/mol. The SMILES string of the molecule is C=C(C(=O)O)c1ccc(C(C(=O)O)=C(CC)CC)cc1. The number of aliphatic carboxylic acids is 2. The number of allylic oxidation sites excluding steroid dienone is 1. The van der Waals surface area contributed by atoms with Crippen LogP contribution in [0.3, 0.4) is 0 Å². The lowest BCUT2D eigenvalue weighted by Gasteiger charge is -2.10. The van der Waals surface area contributed by atoms with Gasteiger partial charge in [0.2, 0.25) is 0 Å². The summed E-state index contributed by atoms with van der Waals surface area (Å²) in [5.74, 6) is -2.05. The van der Waals surface area contributed by atoms with E-state index in [-0.39, 0.29) is 5.57 Å². The van der Waals surface area contributed by atoms with Crippen LogP contribution >= 0.6 is 0 Å². The minimum atomic E-state index is -1.09. The van der Waals surface area contributed by atoms with Gasteiger partial charge in [0.25, 0.3) is 0 Å². The molecule has 0 amide bonds. The second-order valence-electron chi connectivity index (χ2n) is 4.35. The Bertz CT molecular complexity index is 559. The van der Waals surface area contributed by atoms with Crippen LogP contribution in [0.1, 0.15) is 37.8 Å². The van der Waals surface area contributed by atoms with E-state index in [1.807, 2.05) is 13.8 Å². The highest BCUT2D eigenvalue weighted by molar-refractivity contribution is 6.17. The van der Waals surface area contributed by atoms with Gasteiger partial charge in [0.15, 0.2) is 0 Å². The molecule has 0 radical (unpaired) electrons. The summed E-state index contributed by atoms with van der Waals surface area (Å²) in [7, 11) is 0. The largest absolute Gasteiger partial charge is 0.478 e. The highest BCUT2D eigenvalue weighted by Crippen LogP contribution is 2.25. The van der Waals surface area contributed by atoms with Crippen molar-refractivity contribution in [2.45, 2.75) is 26.7 Å². The predicted octanol–water partition coefficient (Wildman–Crippen LogP) is 3.44. The number of carboxylic acid groups (broad SMARTS) is 2. The summed E-state index contributed by atoms with van der Waals surface area (Å²) in [5, 5.41) is 18.2. The lowest BCUT2D eigenvalue weighted by atomic mass is 9.95. The monoisotopic (exact) mass is 274 g/mol. The molecule has 106 valence electrons. The zero-order chi connectivity index (χ0) is 15.3. The Morgan fingerprint density at radius 3 is 1.75 bits per heavy atom. The van der Waals surface area contributed by atoms with Crippen LogP contribution < -0.4 is 0 Å². The van der Waals surface area contributed by atoms with Gasteiger partial charge >= 0.3 is 11.9 Å². The average Bonchev–Trinajstić information content (AvgIpc) is 2.43. The maximum Gasteiger partial charge on any atom is 0.336 e. The zero-order valence-electron chi connectivity index (χ0n) is 11.6. The molecule has 0 bridgehead atoms. The van der Waals surface area contributed by atoms with Gasteiger partial charge in [-0.15, -0.1) is 0 Å². The Morgan fingerprint density at radius 2 is 1.40 bits per heavy atom. The number of carbonyl (C=O) groups is 2. The molecule has 0 atom stereocenters. The van der Waals surface area contributed by atoms with Crippen molar-refractivity contribution in [3.05, 3.63) is 47.5 Å². The molecule has 0 heterocycles. The first-order chi connectivity index (χ1) is 9.42. The molecule has 0 aliphatic heterocycles. The summed E-state index contributed by atoms with van der Waals surface area (Å²) < 4.78 is 0. The third-order valence-electron chi connectivity index (χ3n) is 3.20. The van der Waals surface area contributed by atoms with Crippen LogP contribution in [0.4, 0.5) is 0 Å². The Morgan fingerprint density at radius 1 is 0.950 bits per heavy atom. The van der Waals surface area contributed by atoms with Crippen molar-refractivity contribution in [1.82, 2.24) is 0 Å². The quantitative estimate of drug-likeness (QED) is 0.779. The van der Waals surface area contributed by atoms with Gasteiger partial charge in [-0.1, -0.05) is 50.3 Å². The summed E-state index contributed by atoms with van der Waals surface area (Å²) in [6.07, 6.45) is 1.34. The summed E-state index contributed by atoms with van der Waals surface area (Å²) in [6, 6.07) is 6.41. The minimum absolute atomic E-state index is 0.0105. The summed E-state index contributed by atoms with van der Waals surface area (Å²) in [5.41, 5.74) is 2.20. The predicted molar refractivity (Wildman–Crippen MR) is 78.2 cm³/mol. The highest BCUT2D eigenvalue weighted by atomic mass is 16.4. The fraction of sp³-hybridized carbons (Fsp3) is 0.250. The van der Waals surface area contributed by atoms with Gasteiger partial charge in [-0.3, -0.25) is 0 Å². The van der Waals surface area contributed by atoms with Crippen molar-refractivity contribution in [2.24, 2.45) is 0 Å². The van der Waals surface area contributed by atoms with E-state index in [2.05, 4.69) is 6.58 Å². The molecule has 0 aliphatic rings. The van der Waals surface area contributed by atoms with E-state index in [1.165, 1.54) is 0 Å². The maximum absolute atomic E-state index is 11.4. The molecule has 0 unspecified atom stereocenters. The van der Waals surface area contributed by atoms with E-state index in [0.717, 1.165) is 5.57 Å². The summed E-state index contributed by atoms with van der Waals surface area (Å²) >= 11 is 0. The van der Waals surface area contributed by atoms with Gasteiger partial charge in [-0.25, -0.2) is 9.59 Å². The van der Waals surface area contributed by atoms with Crippen molar-refractivity contribution in [3.8, 4) is 0 Å². The molecule has 0 saturated carbocycles. The van der Waals surface area contributed by atoms with Gasteiger partial charge in [0, 0.05) is 0 Å². The Hall–Kier alpha value is -2.36. The second kappa shape index (κ2) is 6.70. The first-order valence-corrected chi connectivity index (χ1v) is 6.40. The van der Waals surface area contributed by atoms with Crippen LogP contribution in [0.5, 0.6) is 0 Å². The van der Waals surface area contributed by atoms with Crippen LogP contribution in [-0.4, -0.2) is 22.2 Å². The maximum atomic E-state index is 11.4. The van der Waals surface area contributed by atoms with E-state index in [4.69, 9.17) is 5.11 Å². The molecule has 1 aromatic carbocycles. The van der Waals surface area contributed by atoms with Crippen molar-refractivity contribution < 1.29 is 19.8 Å². The van der Waals surface area contributed by atoms with Gasteiger partial charge in [-0.05, 0) is 24.0 Å². The minimum Gasteiger partial charge on any atom is -0.478 e. The molecule has 1 aromatic rings. The number of hydrogen-bond acceptors (Lipinski definition) is 2. The summed E-state index contributed by atoms with van der Waals surface area (Å²) in [6.45, 7) is 7.31. The first-order valence-electron chi connectivity index (χ1n) is 6.40. The van der Waals surface area contributed by atoms with Gasteiger partial charge in [0.1, 0.15) is 0 Å². The van der Waals surface area contributed by atoms with Gasteiger partial charge in [0.05, 0.1) is 11.1 Å². The molecule has 0 aliphatic carbocycles. The van der Waals surface area contributed by atoms with Crippen LogP contribution in [0, 0.1) is 0 Å². The molecular formula is C16H18O4. The zero-order valence-corrected chi connectivity index (χ0v) is 11.6. The van der Waals surface area contributed by atoms with E-state index < -0.39 is 11.9 Å². The Labute approximate surface area is 118 Å². The molecule has 0 spiro atoms. The summed E-state index contributed by atoms with van der Waals surface area (Å²) in [4.78, 5) is 22.2. The fourth-order valence-corrected chi connectivity index (χ4v) is 2.04. The second-order valence-corrected chi connectivity index (χ2v) is 4.35. The van der Waals surface area contributed by atoms with Crippen LogP contribution in [-0.2, 0) is 9.59 Å². The number of hydrogen-bond donors (Lipinski definition) is 2. The van der Waals surface area contributed by atoms with E-state index in [9.17, 15) is 14.7 Å². The van der Waals surface area contributed by atoms with E-state index in [1.54, 1.807) is 24.3 Å². The lowest BCUT2D eigenvalue weighted by Crippen LogP contribution is -2.04. The topological polar surface area (TPSA) is 74.6 Å². The molecule has 0 aromatic heterocycles. The van der Waals surface area contributed by atoms with Gasteiger partial charge < -0.3 is 10.2 Å². The highest BCUT2D eigenvalue weighted by Gasteiger charge is 2.15. The Balaban J connectivity index is 3.26. The van der Waals surface area contributed by atoms with Crippen molar-refractivity contribution in [2.75, 3.05) is 0 Å². The molecule has 4 heteroatoms. The molecule has 2 N–H and O–H groups in total. The van der Waals surface area contributed by atoms with Crippen LogP contribution in [0.25, 0.3) is 11.1 Å². The normalized spacial score (nSPS) is 9.90. The van der Waals surface area contributed by atoms with Crippen LogP contribution in [0.15, 0.2) is 36.4 Å². The molecule has 4 nitrogen and oxygen atoms in total. The molecule has 0 saturated heterocycles. The molecule has 1 rings (SSSR count). The van der Waals surface area contributed by atoms with Crippen LogP contribution in [0.2, 0.25) is 0 Å². The van der Waals surface area contributed by atoms with Crippen molar-refractivity contribution >= 4 is 23.1 Å². The number of benzene rings is 1. The van der Waals surface area contributed by atoms with E-state index in [0.29, 0.717) is 29.5 Å².